The minimum Gasteiger partial charge on any atom is -0.492 e. The first-order chi connectivity index (χ1) is 14.7. The van der Waals surface area contributed by atoms with E-state index in [1.807, 2.05) is 24.3 Å². The van der Waals surface area contributed by atoms with E-state index in [1.165, 1.54) is 25.0 Å². The zero-order valence-electron chi connectivity index (χ0n) is 16.9. The number of ether oxygens (including phenoxy) is 2. The van der Waals surface area contributed by atoms with Crippen molar-refractivity contribution in [2.24, 2.45) is 0 Å². The first kappa shape index (κ1) is 19.3. The van der Waals surface area contributed by atoms with Gasteiger partial charge < -0.3 is 19.6 Å². The SMILES string of the molecule is Fc1ccc2c(c1)OCC(N1CCOCC1)C2.Nc1cccc2nc(C3CC3)oc12. The molecule has 6 nitrogen and oxygen atoms in total. The summed E-state index contributed by atoms with van der Waals surface area (Å²) in [6, 6.07) is 10.9. The topological polar surface area (TPSA) is 73.8 Å². The van der Waals surface area contributed by atoms with Gasteiger partial charge >= 0.3 is 0 Å². The zero-order chi connectivity index (χ0) is 20.5. The highest BCUT2D eigenvalue weighted by Gasteiger charge is 2.29. The Bertz CT molecular complexity index is 1030. The Balaban J connectivity index is 0.000000133. The van der Waals surface area contributed by atoms with Gasteiger partial charge in [-0.05, 0) is 43.0 Å². The molecule has 158 valence electrons. The fraction of sp³-hybridized carbons (Fsp3) is 0.435. The van der Waals surface area contributed by atoms with Crippen LogP contribution in [0.1, 0.15) is 30.2 Å². The maximum atomic E-state index is 13.0. The molecule has 0 amide bonds. The van der Waals surface area contributed by atoms with E-state index in [0.717, 1.165) is 55.3 Å². The molecule has 3 aromatic rings. The van der Waals surface area contributed by atoms with Crippen molar-refractivity contribution in [1.82, 2.24) is 9.88 Å². The third-order valence-corrected chi connectivity index (χ3v) is 5.87. The number of anilines is 1. The summed E-state index contributed by atoms with van der Waals surface area (Å²) in [5, 5.41) is 0. The second-order valence-corrected chi connectivity index (χ2v) is 8.09. The van der Waals surface area contributed by atoms with E-state index < -0.39 is 0 Å². The number of aromatic nitrogens is 1. The number of halogens is 1. The summed E-state index contributed by atoms with van der Waals surface area (Å²) in [4.78, 5) is 6.79. The van der Waals surface area contributed by atoms with Crippen LogP contribution in [0.15, 0.2) is 40.8 Å². The molecular formula is C23H26FN3O3. The molecule has 1 atom stereocenters. The van der Waals surface area contributed by atoms with Gasteiger partial charge in [-0.15, -0.1) is 0 Å². The van der Waals surface area contributed by atoms with Crippen LogP contribution in [0.25, 0.3) is 11.1 Å². The summed E-state index contributed by atoms with van der Waals surface area (Å²) in [7, 11) is 0. The Kier molecular flexibility index (Phi) is 5.31. The van der Waals surface area contributed by atoms with Gasteiger partial charge in [0.2, 0.25) is 0 Å². The molecule has 1 saturated carbocycles. The number of hydrogen-bond acceptors (Lipinski definition) is 6. The lowest BCUT2D eigenvalue weighted by Crippen LogP contribution is -2.48. The number of oxazole rings is 1. The Morgan fingerprint density at radius 1 is 1.10 bits per heavy atom. The first-order valence-electron chi connectivity index (χ1n) is 10.6. The minimum absolute atomic E-state index is 0.228. The van der Waals surface area contributed by atoms with Crippen LogP contribution in [0, 0.1) is 5.82 Å². The van der Waals surface area contributed by atoms with Crippen LogP contribution in [0.5, 0.6) is 5.75 Å². The summed E-state index contributed by atoms with van der Waals surface area (Å²) in [6.45, 7) is 4.17. The van der Waals surface area contributed by atoms with Crippen molar-refractivity contribution in [2.75, 3.05) is 38.6 Å². The minimum atomic E-state index is -0.228. The molecule has 6 rings (SSSR count). The fourth-order valence-electron chi connectivity index (χ4n) is 4.00. The van der Waals surface area contributed by atoms with Crippen LogP contribution in [0.3, 0.4) is 0 Å². The van der Waals surface area contributed by atoms with E-state index in [4.69, 9.17) is 19.6 Å². The summed E-state index contributed by atoms with van der Waals surface area (Å²) in [5.41, 5.74) is 9.16. The molecule has 3 heterocycles. The summed E-state index contributed by atoms with van der Waals surface area (Å²) in [5.74, 6) is 1.88. The van der Waals surface area contributed by atoms with E-state index in [0.29, 0.717) is 30.0 Å². The summed E-state index contributed by atoms with van der Waals surface area (Å²) >= 11 is 0. The van der Waals surface area contributed by atoms with Gasteiger partial charge in [-0.2, -0.15) is 0 Å². The number of nitrogen functional groups attached to an aromatic ring is 1. The zero-order valence-corrected chi connectivity index (χ0v) is 16.9. The molecule has 2 fully saturated rings. The highest BCUT2D eigenvalue weighted by Crippen LogP contribution is 2.41. The molecule has 7 heteroatoms. The Hall–Kier alpha value is -2.64. The van der Waals surface area contributed by atoms with Crippen molar-refractivity contribution in [3.8, 4) is 5.75 Å². The molecule has 1 aliphatic carbocycles. The third-order valence-electron chi connectivity index (χ3n) is 5.87. The van der Waals surface area contributed by atoms with Gasteiger partial charge in [-0.25, -0.2) is 9.37 Å². The van der Waals surface area contributed by atoms with Gasteiger partial charge in [-0.1, -0.05) is 12.1 Å². The number of benzene rings is 2. The highest BCUT2D eigenvalue weighted by atomic mass is 19.1. The Labute approximate surface area is 174 Å². The van der Waals surface area contributed by atoms with E-state index >= 15 is 0 Å². The lowest BCUT2D eigenvalue weighted by atomic mass is 10.0. The molecule has 30 heavy (non-hydrogen) atoms. The Morgan fingerprint density at radius 2 is 1.93 bits per heavy atom. The average Bonchev–Trinajstić information content (AvgIpc) is 3.53. The van der Waals surface area contributed by atoms with Crippen LogP contribution in [0.2, 0.25) is 0 Å². The smallest absolute Gasteiger partial charge is 0.198 e. The van der Waals surface area contributed by atoms with Crippen LogP contribution in [-0.2, 0) is 11.2 Å². The molecule has 3 aliphatic rings. The molecule has 2 N–H and O–H groups in total. The normalized spacial score (nSPS) is 21.4. The lowest BCUT2D eigenvalue weighted by Gasteiger charge is -2.37. The van der Waals surface area contributed by atoms with Crippen LogP contribution >= 0.6 is 0 Å². The Morgan fingerprint density at radius 3 is 2.70 bits per heavy atom. The van der Waals surface area contributed by atoms with Gasteiger partial charge in [-0.3, -0.25) is 4.90 Å². The van der Waals surface area contributed by atoms with E-state index in [-0.39, 0.29) is 5.82 Å². The van der Waals surface area contributed by atoms with Crippen molar-refractivity contribution in [3.05, 3.63) is 53.7 Å². The van der Waals surface area contributed by atoms with Gasteiger partial charge in [0.25, 0.3) is 0 Å². The number of nitrogens with two attached hydrogens (primary N) is 1. The number of hydrogen-bond donors (Lipinski definition) is 1. The second-order valence-electron chi connectivity index (χ2n) is 8.09. The van der Waals surface area contributed by atoms with E-state index in [1.54, 1.807) is 0 Å². The van der Waals surface area contributed by atoms with Crippen molar-refractivity contribution >= 4 is 16.8 Å². The molecule has 1 aromatic heterocycles. The largest absolute Gasteiger partial charge is 0.492 e. The standard InChI is InChI=1S/C13H16FNO2.C10H10N2O/c14-11-2-1-10-7-12(9-17-13(10)8-11)15-3-5-16-6-4-15;11-7-2-1-3-8-9(7)13-10(12-8)6-4-5-6/h1-2,8,12H,3-7,9H2;1-3,6H,4-5,11H2. The van der Waals surface area contributed by atoms with Crippen LogP contribution in [-0.4, -0.2) is 48.8 Å². The monoisotopic (exact) mass is 411 g/mol. The molecule has 1 unspecified atom stereocenters. The number of morpholine rings is 1. The maximum Gasteiger partial charge on any atom is 0.198 e. The number of nitrogens with zero attached hydrogens (tertiary/aromatic N) is 2. The van der Waals surface area contributed by atoms with Gasteiger partial charge in [0.1, 0.15) is 23.7 Å². The highest BCUT2D eigenvalue weighted by molar-refractivity contribution is 5.84. The van der Waals surface area contributed by atoms with Crippen molar-refractivity contribution in [2.45, 2.75) is 31.2 Å². The summed E-state index contributed by atoms with van der Waals surface area (Å²) in [6.07, 6.45) is 3.34. The molecule has 1 saturated heterocycles. The number of fused-ring (bicyclic) bond motifs is 2. The molecule has 2 aliphatic heterocycles. The molecule has 2 aromatic carbocycles. The maximum absolute atomic E-state index is 13.0. The molecular weight excluding hydrogens is 385 g/mol. The van der Waals surface area contributed by atoms with Crippen molar-refractivity contribution in [1.29, 1.82) is 0 Å². The van der Waals surface area contributed by atoms with Crippen LogP contribution in [0.4, 0.5) is 10.1 Å². The number of para-hydroxylation sites is 1. The molecule has 0 spiro atoms. The lowest BCUT2D eigenvalue weighted by molar-refractivity contribution is 0.00243. The number of rotatable bonds is 2. The molecule has 0 bridgehead atoms. The first-order valence-corrected chi connectivity index (χ1v) is 10.6. The second kappa shape index (κ2) is 8.24. The summed E-state index contributed by atoms with van der Waals surface area (Å²) < 4.78 is 29.6. The van der Waals surface area contributed by atoms with Crippen molar-refractivity contribution < 1.29 is 18.3 Å². The van der Waals surface area contributed by atoms with Gasteiger partial charge in [0.05, 0.1) is 18.9 Å². The quantitative estimate of drug-likeness (QED) is 0.648. The van der Waals surface area contributed by atoms with Gasteiger partial charge in [0.15, 0.2) is 11.5 Å². The van der Waals surface area contributed by atoms with E-state index in [9.17, 15) is 4.39 Å². The van der Waals surface area contributed by atoms with Crippen molar-refractivity contribution in [3.63, 3.8) is 0 Å². The fourth-order valence-corrected chi connectivity index (χ4v) is 4.00. The predicted octanol–water partition coefficient (Wildman–Crippen LogP) is 3.75. The predicted molar refractivity (Wildman–Crippen MR) is 112 cm³/mol. The van der Waals surface area contributed by atoms with Gasteiger partial charge in [0, 0.05) is 31.1 Å². The molecule has 0 radical (unpaired) electrons. The third kappa shape index (κ3) is 4.13. The average molecular weight is 411 g/mol. The van der Waals surface area contributed by atoms with E-state index in [2.05, 4.69) is 9.88 Å². The van der Waals surface area contributed by atoms with Crippen LogP contribution < -0.4 is 10.5 Å².